The number of ether oxygens (including phenoxy) is 1. The van der Waals surface area contributed by atoms with Crippen molar-refractivity contribution in [1.82, 2.24) is 0 Å². The molecule has 12 heavy (non-hydrogen) atoms. The fourth-order valence-electron chi connectivity index (χ4n) is 0.412. The van der Waals surface area contributed by atoms with Gasteiger partial charge in [0.2, 0.25) is 0 Å². The molecule has 5 heteroatoms. The van der Waals surface area contributed by atoms with E-state index in [2.05, 4.69) is 4.74 Å². The minimum atomic E-state index is -0.998. The molecular weight excluding hydrogens is 171 g/mol. The Labute approximate surface area is 94.4 Å². The molecule has 0 aliphatic heterocycles. The van der Waals surface area contributed by atoms with Crippen molar-refractivity contribution in [3.8, 4) is 0 Å². The molecule has 0 aromatic carbocycles. The van der Waals surface area contributed by atoms with Crippen LogP contribution in [0.25, 0.3) is 0 Å². The van der Waals surface area contributed by atoms with E-state index in [0.29, 0.717) is 0 Å². The molecule has 1 N–H and O–H groups in total. The van der Waals surface area contributed by atoms with E-state index in [9.17, 15) is 9.59 Å². The summed E-state index contributed by atoms with van der Waals surface area (Å²) in [6.45, 7) is 1.70. The number of carbonyl (C=O) groups is 2. The molecule has 64 valence electrons. The Balaban J connectivity index is -0.000000500. The molecule has 0 radical (unpaired) electrons. The molecule has 0 heterocycles. The molecule has 0 saturated heterocycles. The fraction of sp³-hybridized carbons (Fsp3) is 0.429. The first-order valence-electron chi connectivity index (χ1n) is 3.19. The predicted octanol–water partition coefficient (Wildman–Crippen LogP) is -1.96. The second-order valence-corrected chi connectivity index (χ2v) is 1.85. The van der Waals surface area contributed by atoms with Crippen molar-refractivity contribution in [2.45, 2.75) is 19.8 Å². The van der Waals surface area contributed by atoms with E-state index in [-0.39, 0.29) is 43.8 Å². The van der Waals surface area contributed by atoms with Gasteiger partial charge in [-0.05, 0) is 6.92 Å². The summed E-state index contributed by atoms with van der Waals surface area (Å²) >= 11 is 0. The van der Waals surface area contributed by atoms with Gasteiger partial charge in [-0.15, -0.1) is 0 Å². The monoisotopic (exact) mass is 182 g/mol. The van der Waals surface area contributed by atoms with E-state index < -0.39 is 11.9 Å². The maximum absolute atomic E-state index is 10.6. The number of carboxylic acids is 1. The molecule has 0 saturated carbocycles. The zero-order valence-corrected chi connectivity index (χ0v) is 9.24. The van der Waals surface area contributed by atoms with Gasteiger partial charge in [-0.3, -0.25) is 9.59 Å². The van der Waals surface area contributed by atoms with Crippen molar-refractivity contribution in [2.75, 3.05) is 0 Å². The molecule has 0 aromatic rings. The Bertz CT molecular complexity index is 181. The first-order chi connectivity index (χ1) is 5.16. The van der Waals surface area contributed by atoms with Gasteiger partial charge in [0.25, 0.3) is 0 Å². The van der Waals surface area contributed by atoms with Crippen LogP contribution in [-0.4, -0.2) is 17.0 Å². The predicted molar refractivity (Wildman–Crippen MR) is 38.9 cm³/mol. The first kappa shape index (κ1) is 14.2. The maximum atomic E-state index is 10.6. The van der Waals surface area contributed by atoms with Gasteiger partial charge in [-0.25, -0.2) is 0 Å². The third-order valence-corrected chi connectivity index (χ3v) is 0.879. The maximum Gasteiger partial charge on any atom is 1.00 e. The Kier molecular flexibility index (Phi) is 10.4. The molecular formula is C7H11NaO4. The average molecular weight is 182 g/mol. The van der Waals surface area contributed by atoms with E-state index in [1.807, 2.05) is 0 Å². The van der Waals surface area contributed by atoms with Gasteiger partial charge in [-0.2, -0.15) is 0 Å². The van der Waals surface area contributed by atoms with Crippen molar-refractivity contribution < 1.29 is 50.4 Å². The zero-order valence-electron chi connectivity index (χ0n) is 8.24. The summed E-state index contributed by atoms with van der Waals surface area (Å²) in [4.78, 5) is 20.5. The molecule has 0 aliphatic rings. The Morgan fingerprint density at radius 1 is 1.50 bits per heavy atom. The third kappa shape index (κ3) is 9.68. The summed E-state index contributed by atoms with van der Waals surface area (Å²) in [6.07, 6.45) is 2.51. The topological polar surface area (TPSA) is 63.6 Å². The smallest absolute Gasteiger partial charge is 1.00 e. The van der Waals surface area contributed by atoms with E-state index >= 15 is 0 Å². The Morgan fingerprint density at radius 2 is 2.08 bits per heavy atom. The van der Waals surface area contributed by atoms with Crippen LogP contribution in [0.5, 0.6) is 0 Å². The van der Waals surface area contributed by atoms with Gasteiger partial charge >= 0.3 is 41.5 Å². The number of carboxylic acid groups (broad SMARTS) is 1. The van der Waals surface area contributed by atoms with Gasteiger partial charge in [0.05, 0.1) is 19.1 Å². The van der Waals surface area contributed by atoms with Gasteiger partial charge < -0.3 is 11.3 Å². The molecule has 0 rings (SSSR count). The van der Waals surface area contributed by atoms with Crippen LogP contribution in [0.2, 0.25) is 0 Å². The van der Waals surface area contributed by atoms with E-state index in [0.717, 1.165) is 0 Å². The van der Waals surface area contributed by atoms with Crippen LogP contribution in [-0.2, 0) is 14.3 Å². The number of carbonyl (C=O) groups excluding carboxylic acids is 1. The number of hydrogen-bond acceptors (Lipinski definition) is 3. The number of aliphatic carboxylic acids is 1. The first-order valence-corrected chi connectivity index (χ1v) is 3.19. The van der Waals surface area contributed by atoms with Gasteiger partial charge in [0.15, 0.2) is 0 Å². The molecule has 0 amide bonds. The number of rotatable bonds is 4. The number of allylic oxidation sites excluding steroid dienone is 1. The van der Waals surface area contributed by atoms with Crippen LogP contribution in [0.3, 0.4) is 0 Å². The van der Waals surface area contributed by atoms with Crippen LogP contribution in [0.1, 0.15) is 21.2 Å². The Morgan fingerprint density at radius 3 is 2.50 bits per heavy atom. The van der Waals surface area contributed by atoms with E-state index in [1.54, 1.807) is 13.0 Å². The number of hydrogen-bond donors (Lipinski definition) is 1. The van der Waals surface area contributed by atoms with Crippen LogP contribution in [0.15, 0.2) is 12.3 Å². The molecule has 4 nitrogen and oxygen atoms in total. The second kappa shape index (κ2) is 8.77. The van der Waals surface area contributed by atoms with Crippen LogP contribution in [0, 0.1) is 0 Å². The quantitative estimate of drug-likeness (QED) is 0.311. The zero-order chi connectivity index (χ0) is 8.69. The summed E-state index contributed by atoms with van der Waals surface area (Å²) in [5.74, 6) is -1.52. The van der Waals surface area contributed by atoms with Crippen molar-refractivity contribution >= 4 is 11.9 Å². The normalized spacial score (nSPS) is 9.08. The van der Waals surface area contributed by atoms with Crippen molar-refractivity contribution in [3.05, 3.63) is 12.3 Å². The Hall–Kier alpha value is -0.320. The summed E-state index contributed by atoms with van der Waals surface area (Å²) < 4.78 is 4.46. The van der Waals surface area contributed by atoms with Crippen molar-refractivity contribution in [2.24, 2.45) is 0 Å². The van der Waals surface area contributed by atoms with Crippen LogP contribution >= 0.6 is 0 Å². The summed E-state index contributed by atoms with van der Waals surface area (Å²) in [7, 11) is 0. The number of esters is 1. The van der Waals surface area contributed by atoms with Crippen LogP contribution in [0.4, 0.5) is 0 Å². The molecule has 0 fully saturated rings. The minimum Gasteiger partial charge on any atom is -1.00 e. The third-order valence-electron chi connectivity index (χ3n) is 0.879. The molecule has 0 spiro atoms. The van der Waals surface area contributed by atoms with E-state index in [1.165, 1.54) is 6.26 Å². The average Bonchev–Trinajstić information content (AvgIpc) is 1.97. The molecule has 0 aliphatic carbocycles. The standard InChI is InChI=1S/C7H10O4.Na.H/c1-2-5-11-7(10)4-3-6(8)9;;/h2,5H,3-4H2,1H3,(H,8,9);;/q;+1;-1. The molecule has 0 unspecified atom stereocenters. The van der Waals surface area contributed by atoms with Crippen molar-refractivity contribution in [3.63, 3.8) is 0 Å². The largest absolute Gasteiger partial charge is 1.00 e. The molecule has 0 bridgehead atoms. The van der Waals surface area contributed by atoms with Gasteiger partial charge in [0.1, 0.15) is 0 Å². The molecule has 0 aromatic heterocycles. The summed E-state index contributed by atoms with van der Waals surface area (Å²) in [5.41, 5.74) is 0. The summed E-state index contributed by atoms with van der Waals surface area (Å²) in [6, 6.07) is 0. The van der Waals surface area contributed by atoms with Gasteiger partial charge in [-0.1, -0.05) is 6.08 Å². The minimum absolute atomic E-state index is 0. The molecule has 0 atom stereocenters. The van der Waals surface area contributed by atoms with E-state index in [4.69, 9.17) is 5.11 Å². The second-order valence-electron chi connectivity index (χ2n) is 1.85. The van der Waals surface area contributed by atoms with Crippen molar-refractivity contribution in [1.29, 1.82) is 0 Å². The van der Waals surface area contributed by atoms with Crippen LogP contribution < -0.4 is 29.6 Å². The summed E-state index contributed by atoms with van der Waals surface area (Å²) in [5, 5.41) is 8.16. The SMILES string of the molecule is CC=COC(=O)CCC(=O)O.[H-].[Na+]. The fourth-order valence-corrected chi connectivity index (χ4v) is 0.412. The van der Waals surface area contributed by atoms with Gasteiger partial charge in [0, 0.05) is 0 Å².